The van der Waals surface area contributed by atoms with Gasteiger partial charge in [0.1, 0.15) is 13.3 Å². The molecule has 0 bridgehead atoms. The second-order valence-electron chi connectivity index (χ2n) is 0.934. The van der Waals surface area contributed by atoms with Crippen LogP contribution in [0.4, 0.5) is 0 Å². The first kappa shape index (κ1) is 6.94. The van der Waals surface area contributed by atoms with Gasteiger partial charge in [-0.1, -0.05) is 5.16 Å². The second kappa shape index (κ2) is 5.94. The van der Waals surface area contributed by atoms with Crippen LogP contribution < -0.4 is 0 Å². The van der Waals surface area contributed by atoms with Gasteiger partial charge in [-0.05, 0) is 0 Å². The average Bonchev–Trinajstić information content (AvgIpc) is 1.81. The van der Waals surface area contributed by atoms with Gasteiger partial charge >= 0.3 is 0 Å². The lowest BCUT2D eigenvalue weighted by Crippen LogP contribution is -1.77. The van der Waals surface area contributed by atoms with Crippen molar-refractivity contribution in [1.82, 2.24) is 0 Å². The van der Waals surface area contributed by atoms with Crippen molar-refractivity contribution in [2.75, 3.05) is 7.11 Å². The second-order valence-corrected chi connectivity index (χ2v) is 0.934. The fourth-order valence-electron chi connectivity index (χ4n) is 0.183. The third kappa shape index (κ3) is 4.94. The molecule has 0 saturated carbocycles. The van der Waals surface area contributed by atoms with Crippen molar-refractivity contribution in [1.29, 1.82) is 0 Å². The highest BCUT2D eigenvalue weighted by atomic mass is 16.6. The Morgan fingerprint density at radius 3 is 3.12 bits per heavy atom. The molecule has 0 heterocycles. The Morgan fingerprint density at radius 2 is 2.62 bits per heavy atom. The highest BCUT2D eigenvalue weighted by Gasteiger charge is 1.70. The van der Waals surface area contributed by atoms with Crippen LogP contribution in [-0.4, -0.2) is 24.7 Å². The largest absolute Gasteiger partial charge is 0.411 e. The van der Waals surface area contributed by atoms with Gasteiger partial charge in [-0.3, -0.25) is 0 Å². The molecule has 0 aliphatic carbocycles. The molecule has 0 fully saturated rings. The maximum atomic E-state index is 7.81. The molecular weight excluding hydrogens is 108 g/mol. The van der Waals surface area contributed by atoms with Crippen molar-refractivity contribution >= 4 is 12.4 Å². The number of oxime groups is 1. The lowest BCUT2D eigenvalue weighted by Gasteiger charge is -1.78. The summed E-state index contributed by atoms with van der Waals surface area (Å²) < 4.78 is 0. The highest BCUT2D eigenvalue weighted by Crippen LogP contribution is 1.68. The fourth-order valence-corrected chi connectivity index (χ4v) is 0.183. The van der Waals surface area contributed by atoms with Crippen LogP contribution in [0.1, 0.15) is 6.42 Å². The molecule has 0 aromatic carbocycles. The van der Waals surface area contributed by atoms with E-state index in [1.807, 2.05) is 0 Å². The van der Waals surface area contributed by atoms with Crippen LogP contribution in [0, 0.1) is 0 Å². The van der Waals surface area contributed by atoms with Crippen LogP contribution in [-0.2, 0) is 4.84 Å². The van der Waals surface area contributed by atoms with Gasteiger partial charge in [0.25, 0.3) is 0 Å². The zero-order chi connectivity index (χ0) is 6.24. The van der Waals surface area contributed by atoms with Crippen LogP contribution in [0.15, 0.2) is 10.3 Å². The molecule has 0 unspecified atom stereocenters. The van der Waals surface area contributed by atoms with E-state index in [2.05, 4.69) is 21.4 Å². The molecule has 0 aromatic rings. The predicted molar refractivity (Wildman–Crippen MR) is 29.3 cm³/mol. The number of rotatable bonds is 3. The third-order valence-corrected chi connectivity index (χ3v) is 0.420. The van der Waals surface area contributed by atoms with E-state index in [9.17, 15) is 0 Å². The monoisotopic (exact) mass is 115 g/mol. The Hall–Kier alpha value is -1.06. The maximum Gasteiger partial charge on any atom is 0.110 e. The van der Waals surface area contributed by atoms with Gasteiger partial charge < -0.3 is 10.0 Å². The SMILES string of the molecule is CO/N=[C]/CC=NO. The normalized spacial score (nSPS) is 11.1. The van der Waals surface area contributed by atoms with E-state index < -0.39 is 0 Å². The minimum atomic E-state index is 0.365. The molecule has 0 atom stereocenters. The summed E-state index contributed by atoms with van der Waals surface area (Å²) in [6.45, 7) is 0. The van der Waals surface area contributed by atoms with Gasteiger partial charge in [0.15, 0.2) is 0 Å². The summed E-state index contributed by atoms with van der Waals surface area (Å²) in [4.78, 5) is 4.26. The summed E-state index contributed by atoms with van der Waals surface area (Å²) in [5.41, 5.74) is 0. The zero-order valence-electron chi connectivity index (χ0n) is 4.53. The van der Waals surface area contributed by atoms with Gasteiger partial charge in [-0.25, -0.2) is 0 Å². The minimum absolute atomic E-state index is 0.365. The fraction of sp³-hybridized carbons (Fsp3) is 0.500. The van der Waals surface area contributed by atoms with Crippen molar-refractivity contribution in [3.63, 3.8) is 0 Å². The molecule has 0 aromatic heterocycles. The summed E-state index contributed by atoms with van der Waals surface area (Å²) >= 11 is 0. The molecule has 0 spiro atoms. The Morgan fingerprint density at radius 1 is 1.88 bits per heavy atom. The Labute approximate surface area is 47.4 Å². The molecule has 0 saturated heterocycles. The predicted octanol–water partition coefficient (Wildman–Crippen LogP) is 0.346. The van der Waals surface area contributed by atoms with Crippen LogP contribution in [0.25, 0.3) is 0 Å². The first-order valence-electron chi connectivity index (χ1n) is 2.03. The van der Waals surface area contributed by atoms with E-state index in [-0.39, 0.29) is 0 Å². The van der Waals surface area contributed by atoms with E-state index in [0.29, 0.717) is 6.42 Å². The van der Waals surface area contributed by atoms with Crippen LogP contribution in [0.2, 0.25) is 0 Å². The van der Waals surface area contributed by atoms with E-state index >= 15 is 0 Å². The van der Waals surface area contributed by atoms with Crippen LogP contribution in [0.5, 0.6) is 0 Å². The molecule has 0 rings (SSSR count). The molecule has 4 nitrogen and oxygen atoms in total. The van der Waals surface area contributed by atoms with E-state index in [1.54, 1.807) is 0 Å². The standard InChI is InChI=1S/C4H7N2O2/c1-8-6-4-2-3-5-7/h3,7H,2H2,1H3. The zero-order valence-corrected chi connectivity index (χ0v) is 4.53. The molecular formula is C4H7N2O2. The molecule has 45 valence electrons. The Balaban J connectivity index is 3.03. The quantitative estimate of drug-likeness (QED) is 0.327. The molecule has 1 radical (unpaired) electrons. The van der Waals surface area contributed by atoms with Crippen LogP contribution in [0.3, 0.4) is 0 Å². The third-order valence-electron chi connectivity index (χ3n) is 0.420. The van der Waals surface area contributed by atoms with Crippen molar-refractivity contribution in [3.05, 3.63) is 0 Å². The van der Waals surface area contributed by atoms with E-state index in [1.165, 1.54) is 13.3 Å². The molecule has 8 heavy (non-hydrogen) atoms. The lowest BCUT2D eigenvalue weighted by atomic mass is 10.5. The highest BCUT2D eigenvalue weighted by molar-refractivity contribution is 5.78. The van der Waals surface area contributed by atoms with Crippen LogP contribution >= 0.6 is 0 Å². The summed E-state index contributed by atoms with van der Waals surface area (Å²) in [5, 5.41) is 13.8. The van der Waals surface area contributed by atoms with E-state index in [4.69, 9.17) is 5.21 Å². The summed E-state index contributed by atoms with van der Waals surface area (Å²) in [6.07, 6.45) is 4.05. The smallest absolute Gasteiger partial charge is 0.110 e. The summed E-state index contributed by atoms with van der Waals surface area (Å²) in [5.74, 6) is 0. The van der Waals surface area contributed by atoms with E-state index in [0.717, 1.165) is 0 Å². The Kier molecular flexibility index (Phi) is 5.15. The molecule has 1 N–H and O–H groups in total. The van der Waals surface area contributed by atoms with Gasteiger partial charge in [-0.15, -0.1) is 5.16 Å². The maximum absolute atomic E-state index is 7.81. The number of hydrogen-bond acceptors (Lipinski definition) is 4. The van der Waals surface area contributed by atoms with Gasteiger partial charge in [0.05, 0.1) is 0 Å². The van der Waals surface area contributed by atoms with Crippen molar-refractivity contribution in [3.8, 4) is 0 Å². The molecule has 4 heteroatoms. The lowest BCUT2D eigenvalue weighted by molar-refractivity contribution is 0.215. The van der Waals surface area contributed by atoms with Crippen molar-refractivity contribution in [2.24, 2.45) is 10.3 Å². The number of nitrogens with zero attached hydrogens (tertiary/aromatic N) is 2. The summed E-state index contributed by atoms with van der Waals surface area (Å²) in [7, 11) is 1.42. The average molecular weight is 115 g/mol. The molecule has 0 aliphatic heterocycles. The summed E-state index contributed by atoms with van der Waals surface area (Å²) in [6, 6.07) is 0. The van der Waals surface area contributed by atoms with Gasteiger partial charge in [-0.2, -0.15) is 0 Å². The molecule has 0 amide bonds. The molecule has 0 aliphatic rings. The topological polar surface area (TPSA) is 54.2 Å². The van der Waals surface area contributed by atoms with Crippen molar-refractivity contribution in [2.45, 2.75) is 6.42 Å². The van der Waals surface area contributed by atoms with Gasteiger partial charge in [0, 0.05) is 12.6 Å². The van der Waals surface area contributed by atoms with Gasteiger partial charge in [0.2, 0.25) is 0 Å². The number of hydrogen-bond donors (Lipinski definition) is 1. The minimum Gasteiger partial charge on any atom is -0.411 e. The Bertz CT molecular complexity index is 90.0. The first-order chi connectivity index (χ1) is 3.91. The van der Waals surface area contributed by atoms with Crippen molar-refractivity contribution < 1.29 is 10.0 Å². The first-order valence-corrected chi connectivity index (χ1v) is 2.03.